The van der Waals surface area contributed by atoms with Crippen molar-refractivity contribution < 1.29 is 14.4 Å². The lowest BCUT2D eigenvalue weighted by atomic mass is 10.3. The van der Waals surface area contributed by atoms with Crippen LogP contribution in [0.25, 0.3) is 0 Å². The summed E-state index contributed by atoms with van der Waals surface area (Å²) >= 11 is 1.21. The van der Waals surface area contributed by atoms with Gasteiger partial charge in [-0.25, -0.2) is 20.4 Å². The van der Waals surface area contributed by atoms with Crippen molar-refractivity contribution in [3.05, 3.63) is 35.4 Å². The molecule has 0 aromatic carbocycles. The van der Waals surface area contributed by atoms with Crippen molar-refractivity contribution in [2.45, 2.75) is 6.42 Å². The lowest BCUT2D eigenvalue weighted by Gasteiger charge is -1.99. The van der Waals surface area contributed by atoms with Gasteiger partial charge in [0.2, 0.25) is 11.7 Å². The van der Waals surface area contributed by atoms with Crippen molar-refractivity contribution in [1.82, 2.24) is 20.4 Å². The minimum atomic E-state index is -0.451. The Morgan fingerprint density at radius 3 is 2.80 bits per heavy atom. The smallest absolute Gasteiger partial charge is 0.295 e. The van der Waals surface area contributed by atoms with Gasteiger partial charge in [-0.3, -0.25) is 19.7 Å². The van der Waals surface area contributed by atoms with Crippen LogP contribution in [0.15, 0.2) is 23.8 Å². The first-order valence-corrected chi connectivity index (χ1v) is 6.41. The molecule has 0 bridgehead atoms. The minimum Gasteiger partial charge on any atom is -0.295 e. The van der Waals surface area contributed by atoms with E-state index < -0.39 is 5.91 Å². The summed E-state index contributed by atoms with van der Waals surface area (Å²) in [7, 11) is 1.35. The number of hydrogen-bond acceptors (Lipinski definition) is 7. The summed E-state index contributed by atoms with van der Waals surface area (Å²) in [6.07, 6.45) is 3.02. The Hall–Kier alpha value is -2.39. The molecular weight excluding hydrogens is 282 g/mol. The molecular formula is C11H11N5O3S. The van der Waals surface area contributed by atoms with Gasteiger partial charge in [0, 0.05) is 17.8 Å². The van der Waals surface area contributed by atoms with Gasteiger partial charge in [0.15, 0.2) is 5.13 Å². The highest BCUT2D eigenvalue weighted by Crippen LogP contribution is 2.16. The highest BCUT2D eigenvalue weighted by molar-refractivity contribution is 7.14. The quantitative estimate of drug-likeness (QED) is 0.773. The number of amides is 2. The van der Waals surface area contributed by atoms with Crippen LogP contribution < -0.4 is 10.8 Å². The first kappa shape index (κ1) is 14.0. The van der Waals surface area contributed by atoms with E-state index in [0.29, 0.717) is 10.8 Å². The molecule has 2 aromatic heterocycles. The Kier molecular flexibility index (Phi) is 4.69. The Bertz CT molecular complexity index is 601. The fraction of sp³-hybridized carbons (Fsp3) is 0.182. The van der Waals surface area contributed by atoms with E-state index in [1.807, 2.05) is 0 Å². The summed E-state index contributed by atoms with van der Waals surface area (Å²) in [5.41, 5.74) is 2.72. The lowest BCUT2D eigenvalue weighted by molar-refractivity contribution is -0.130. The number of carbonyl (C=O) groups excluding carboxylic acids is 2. The Balaban J connectivity index is 1.96. The van der Waals surface area contributed by atoms with Gasteiger partial charge in [-0.15, -0.1) is 11.3 Å². The second-order valence-electron chi connectivity index (χ2n) is 3.58. The van der Waals surface area contributed by atoms with Crippen molar-refractivity contribution in [2.24, 2.45) is 0 Å². The maximum absolute atomic E-state index is 11.8. The zero-order valence-corrected chi connectivity index (χ0v) is 11.3. The summed E-state index contributed by atoms with van der Waals surface area (Å²) in [5.74, 6) is -0.712. The monoisotopic (exact) mass is 293 g/mol. The molecule has 0 fully saturated rings. The number of thiazole rings is 1. The number of carbonyl (C=O) groups is 2. The predicted molar refractivity (Wildman–Crippen MR) is 71.0 cm³/mol. The molecule has 0 aliphatic rings. The maximum Gasteiger partial charge on any atom is 0.295 e. The van der Waals surface area contributed by atoms with Crippen LogP contribution in [-0.4, -0.2) is 33.9 Å². The van der Waals surface area contributed by atoms with Crippen LogP contribution in [-0.2, 0) is 16.1 Å². The lowest BCUT2D eigenvalue weighted by Crippen LogP contribution is -2.23. The zero-order chi connectivity index (χ0) is 14.4. The zero-order valence-electron chi connectivity index (χ0n) is 10.5. The number of nitrogens with one attached hydrogen (secondary N) is 2. The van der Waals surface area contributed by atoms with Crippen molar-refractivity contribution in [3.8, 4) is 0 Å². The molecule has 2 N–H and O–H groups in total. The third kappa shape index (κ3) is 3.80. The van der Waals surface area contributed by atoms with Gasteiger partial charge in [0.05, 0.1) is 19.2 Å². The van der Waals surface area contributed by atoms with Crippen LogP contribution in [0.5, 0.6) is 0 Å². The molecule has 20 heavy (non-hydrogen) atoms. The van der Waals surface area contributed by atoms with Crippen LogP contribution in [0, 0.1) is 0 Å². The predicted octanol–water partition coefficient (Wildman–Crippen LogP) is 0.405. The van der Waals surface area contributed by atoms with E-state index in [4.69, 9.17) is 0 Å². The average molecular weight is 293 g/mol. The second kappa shape index (κ2) is 6.68. The molecule has 9 heteroatoms. The van der Waals surface area contributed by atoms with Gasteiger partial charge >= 0.3 is 0 Å². The third-order valence-corrected chi connectivity index (χ3v) is 2.91. The summed E-state index contributed by atoms with van der Waals surface area (Å²) in [4.78, 5) is 39.3. The van der Waals surface area contributed by atoms with Crippen LogP contribution in [0.3, 0.4) is 0 Å². The van der Waals surface area contributed by atoms with Gasteiger partial charge < -0.3 is 0 Å². The molecule has 2 heterocycles. The van der Waals surface area contributed by atoms with Gasteiger partial charge in [0.1, 0.15) is 0 Å². The van der Waals surface area contributed by atoms with Crippen LogP contribution >= 0.6 is 11.3 Å². The topological polar surface area (TPSA) is 106 Å². The maximum atomic E-state index is 11.8. The van der Waals surface area contributed by atoms with Crippen LogP contribution in [0.2, 0.25) is 0 Å². The van der Waals surface area contributed by atoms with E-state index in [1.54, 1.807) is 11.4 Å². The number of anilines is 1. The van der Waals surface area contributed by atoms with Crippen molar-refractivity contribution in [2.75, 3.05) is 12.4 Å². The first-order valence-electron chi connectivity index (χ1n) is 5.53. The van der Waals surface area contributed by atoms with Gasteiger partial charge in [-0.1, -0.05) is 0 Å². The molecule has 0 unspecified atom stereocenters. The molecule has 2 amide bonds. The Morgan fingerprint density at radius 1 is 1.35 bits per heavy atom. The van der Waals surface area contributed by atoms with Crippen molar-refractivity contribution in [1.29, 1.82) is 0 Å². The number of hydroxylamine groups is 1. The largest absolute Gasteiger partial charge is 0.295 e. The van der Waals surface area contributed by atoms with Gasteiger partial charge in [-0.2, -0.15) is 0 Å². The highest BCUT2D eigenvalue weighted by atomic mass is 32.1. The third-order valence-electron chi connectivity index (χ3n) is 2.10. The van der Waals surface area contributed by atoms with Crippen molar-refractivity contribution in [3.63, 3.8) is 0 Å². The molecule has 0 aliphatic heterocycles. The molecule has 104 valence electrons. The van der Waals surface area contributed by atoms with Crippen molar-refractivity contribution >= 4 is 28.3 Å². The standard InChI is InChI=1S/C11H11N5O3S/c1-19-16-8(17)5-7-6-20-11(14-7)15-10(18)9-12-3-2-4-13-9/h2-4,6H,5H2,1H3,(H,16,17)(H,14,15,18). The molecule has 2 rings (SSSR count). The number of aromatic nitrogens is 3. The highest BCUT2D eigenvalue weighted by Gasteiger charge is 2.12. The van der Waals surface area contributed by atoms with Crippen LogP contribution in [0.4, 0.5) is 5.13 Å². The summed E-state index contributed by atoms with van der Waals surface area (Å²) in [6, 6.07) is 1.62. The first-order chi connectivity index (χ1) is 9.69. The van der Waals surface area contributed by atoms with E-state index in [0.717, 1.165) is 0 Å². The minimum absolute atomic E-state index is 0.0568. The van der Waals surface area contributed by atoms with Crippen LogP contribution in [0.1, 0.15) is 16.3 Å². The summed E-state index contributed by atoms with van der Waals surface area (Å²) < 4.78 is 0. The van der Waals surface area contributed by atoms with Gasteiger partial charge in [-0.05, 0) is 6.07 Å². The van der Waals surface area contributed by atoms with E-state index in [-0.39, 0.29) is 18.2 Å². The van der Waals surface area contributed by atoms with E-state index in [1.165, 1.54) is 30.8 Å². The number of rotatable bonds is 5. The SMILES string of the molecule is CONC(=O)Cc1csc(NC(=O)c2ncccn2)n1. The second-order valence-corrected chi connectivity index (χ2v) is 4.43. The van der Waals surface area contributed by atoms with E-state index in [9.17, 15) is 9.59 Å². The average Bonchev–Trinajstić information content (AvgIpc) is 2.87. The fourth-order valence-electron chi connectivity index (χ4n) is 1.33. The Morgan fingerprint density at radius 2 is 2.10 bits per heavy atom. The molecule has 0 atom stereocenters. The molecule has 2 aromatic rings. The number of nitrogens with zero attached hydrogens (tertiary/aromatic N) is 3. The molecule has 0 saturated carbocycles. The number of hydrogen-bond donors (Lipinski definition) is 2. The molecule has 0 radical (unpaired) electrons. The fourth-order valence-corrected chi connectivity index (χ4v) is 2.03. The summed E-state index contributed by atoms with van der Waals surface area (Å²) in [6.45, 7) is 0. The molecule has 0 aliphatic carbocycles. The van der Waals surface area contributed by atoms with E-state index >= 15 is 0 Å². The Labute approximate surface area is 118 Å². The van der Waals surface area contributed by atoms with Gasteiger partial charge in [0.25, 0.3) is 5.91 Å². The molecule has 0 saturated heterocycles. The van der Waals surface area contributed by atoms with E-state index in [2.05, 4.69) is 30.6 Å². The molecule has 0 spiro atoms. The normalized spacial score (nSPS) is 10.1. The summed E-state index contributed by atoms with van der Waals surface area (Å²) in [5, 5.41) is 4.62. The molecule has 8 nitrogen and oxygen atoms in total.